The molecular weight excluding hydrogens is 490 g/mol. The second-order valence-electron chi connectivity index (χ2n) is 10.5. The van der Waals surface area contributed by atoms with Crippen LogP contribution < -0.4 is 10.2 Å². The van der Waals surface area contributed by atoms with Crippen LogP contribution in [0.2, 0.25) is 0 Å². The fourth-order valence-electron chi connectivity index (χ4n) is 5.43. The molecule has 38 heavy (non-hydrogen) atoms. The number of hydrogen-bond donors (Lipinski definition) is 1. The van der Waals surface area contributed by atoms with Gasteiger partial charge in [0.15, 0.2) is 5.78 Å². The molecule has 0 unspecified atom stereocenters. The van der Waals surface area contributed by atoms with Crippen LogP contribution in [0.4, 0.5) is 5.69 Å². The molecule has 4 rings (SSSR count). The summed E-state index contributed by atoms with van der Waals surface area (Å²) in [7, 11) is 1.71. The van der Waals surface area contributed by atoms with Crippen LogP contribution in [0.1, 0.15) is 30.6 Å². The average molecular weight is 528 g/mol. The lowest BCUT2D eigenvalue weighted by atomic mass is 10.0. The zero-order valence-electron chi connectivity index (χ0n) is 22.3. The maximum absolute atomic E-state index is 13.6. The number of fused-ring (bicyclic) bond motifs is 1. The lowest BCUT2D eigenvalue weighted by Crippen LogP contribution is -2.52. The zero-order valence-corrected chi connectivity index (χ0v) is 22.3. The molecule has 3 fully saturated rings. The molecule has 3 aliphatic rings. The highest BCUT2D eigenvalue weighted by molar-refractivity contribution is 5.99. The number of carbonyl (C=O) groups excluding carboxylic acids is 3. The van der Waals surface area contributed by atoms with Crippen molar-refractivity contribution in [3.05, 3.63) is 40.3 Å². The highest BCUT2D eigenvalue weighted by atomic mass is 16.5. The minimum atomic E-state index is -0.818. The van der Waals surface area contributed by atoms with Crippen LogP contribution in [0, 0.1) is 5.92 Å². The van der Waals surface area contributed by atoms with E-state index in [9.17, 15) is 14.4 Å². The van der Waals surface area contributed by atoms with E-state index in [1.54, 1.807) is 19.2 Å². The number of methoxy groups -OCH3 is 1. The van der Waals surface area contributed by atoms with Crippen molar-refractivity contribution >= 4 is 23.3 Å². The maximum Gasteiger partial charge on any atom is 0.251 e. The molecule has 0 saturated carbocycles. The van der Waals surface area contributed by atoms with Crippen molar-refractivity contribution in [1.82, 2.24) is 15.1 Å². The fraction of sp³-hybridized carbons (Fsp3) is 0.654. The van der Waals surface area contributed by atoms with E-state index in [2.05, 4.69) is 25.1 Å². The molecule has 4 atom stereocenters. The van der Waals surface area contributed by atoms with Crippen molar-refractivity contribution < 1.29 is 23.9 Å². The standard InChI is InChI=1S/C26H37N7O5/c1-17(2)14-20(26(36)33-15-21(29-30-27)24-23(33)22(34)16-38-24)28-25(35)18-4-6-19(7-5-18)32-10-8-31(9-11-32)12-13-37-3/h4-7,17,20-21,23-24H,8-16H2,1-3H3,(H,28,35)/t20-,21-,23+,24+/m0/s1. The Balaban J connectivity index is 1.41. The third-order valence-corrected chi connectivity index (χ3v) is 7.43. The third kappa shape index (κ3) is 6.27. The quantitative estimate of drug-likeness (QED) is 0.276. The minimum absolute atomic E-state index is 0.0852. The number of azide groups is 1. The van der Waals surface area contributed by atoms with E-state index in [0.29, 0.717) is 12.0 Å². The van der Waals surface area contributed by atoms with Crippen molar-refractivity contribution in [2.24, 2.45) is 11.0 Å². The lowest BCUT2D eigenvalue weighted by Gasteiger charge is -2.36. The van der Waals surface area contributed by atoms with Crippen LogP contribution in [-0.2, 0) is 19.1 Å². The van der Waals surface area contributed by atoms with Gasteiger partial charge in [0.2, 0.25) is 5.91 Å². The molecule has 3 heterocycles. The van der Waals surface area contributed by atoms with Crippen LogP contribution >= 0.6 is 0 Å². The SMILES string of the molecule is COCCN1CCN(c2ccc(C(=O)N[C@@H](CC(C)C)C(=O)N3C[C@H](N=[N+]=[N-])[C@H]4OCC(=O)[C@H]43)cc2)CC1. The predicted octanol–water partition coefficient (Wildman–Crippen LogP) is 1.46. The molecule has 0 spiro atoms. The number of carbonyl (C=O) groups is 3. The van der Waals surface area contributed by atoms with Crippen molar-refractivity contribution in [3.63, 3.8) is 0 Å². The Morgan fingerprint density at radius 1 is 1.21 bits per heavy atom. The summed E-state index contributed by atoms with van der Waals surface area (Å²) < 4.78 is 10.7. The highest BCUT2D eigenvalue weighted by Gasteiger charge is 2.53. The normalized spacial score (nSPS) is 24.3. The largest absolute Gasteiger partial charge is 0.383 e. The van der Waals surface area contributed by atoms with Gasteiger partial charge in [-0.1, -0.05) is 19.0 Å². The average Bonchev–Trinajstić information content (AvgIpc) is 3.47. The number of Topliss-reactive ketones (excluding diaryl/α,β-unsaturated/α-hetero) is 1. The Kier molecular flexibility index (Phi) is 9.22. The van der Waals surface area contributed by atoms with Crippen LogP contribution in [0.15, 0.2) is 29.4 Å². The molecule has 0 aromatic heterocycles. The molecule has 3 saturated heterocycles. The summed E-state index contributed by atoms with van der Waals surface area (Å²) in [5.74, 6) is -0.810. The molecule has 0 radical (unpaired) electrons. The molecule has 12 nitrogen and oxygen atoms in total. The van der Waals surface area contributed by atoms with E-state index >= 15 is 0 Å². The van der Waals surface area contributed by atoms with Gasteiger partial charge >= 0.3 is 0 Å². The first-order chi connectivity index (χ1) is 18.3. The first-order valence-electron chi connectivity index (χ1n) is 13.2. The van der Waals surface area contributed by atoms with Crippen LogP contribution in [0.5, 0.6) is 0 Å². The first-order valence-corrected chi connectivity index (χ1v) is 13.2. The Morgan fingerprint density at radius 3 is 2.55 bits per heavy atom. The van der Waals surface area contributed by atoms with Gasteiger partial charge in [-0.25, -0.2) is 0 Å². The molecular formula is C26H37N7O5. The Hall–Kier alpha value is -3.18. The summed E-state index contributed by atoms with van der Waals surface area (Å²) in [6.07, 6.45) is -0.238. The first kappa shape index (κ1) is 27.8. The van der Waals surface area contributed by atoms with Gasteiger partial charge in [0.25, 0.3) is 5.91 Å². The Labute approximate surface area is 222 Å². The number of nitrogens with one attached hydrogen (secondary N) is 1. The summed E-state index contributed by atoms with van der Waals surface area (Å²) in [6.45, 7) is 9.26. The van der Waals surface area contributed by atoms with E-state index in [4.69, 9.17) is 15.0 Å². The van der Waals surface area contributed by atoms with Crippen molar-refractivity contribution in [2.45, 2.75) is 44.5 Å². The number of likely N-dealkylation sites (tertiary alicyclic amines) is 1. The van der Waals surface area contributed by atoms with E-state index in [1.807, 2.05) is 26.0 Å². The van der Waals surface area contributed by atoms with Gasteiger partial charge in [-0.15, -0.1) is 0 Å². The van der Waals surface area contributed by atoms with E-state index < -0.39 is 24.2 Å². The second kappa shape index (κ2) is 12.6. The van der Waals surface area contributed by atoms with Gasteiger partial charge in [-0.05, 0) is 42.1 Å². The molecule has 0 bridgehead atoms. The topological polar surface area (TPSA) is 140 Å². The van der Waals surface area contributed by atoms with Gasteiger partial charge in [-0.2, -0.15) is 0 Å². The van der Waals surface area contributed by atoms with Crippen molar-refractivity contribution in [1.29, 1.82) is 0 Å². The number of piperazine rings is 1. The van der Waals surface area contributed by atoms with E-state index in [0.717, 1.165) is 45.0 Å². The monoisotopic (exact) mass is 527 g/mol. The van der Waals surface area contributed by atoms with Crippen LogP contribution in [0.25, 0.3) is 10.4 Å². The highest BCUT2D eigenvalue weighted by Crippen LogP contribution is 2.30. The molecule has 12 heteroatoms. The molecule has 2 amide bonds. The van der Waals surface area contributed by atoms with Gasteiger partial charge in [-0.3, -0.25) is 19.3 Å². The summed E-state index contributed by atoms with van der Waals surface area (Å²) in [5, 5.41) is 6.63. The minimum Gasteiger partial charge on any atom is -0.383 e. The third-order valence-electron chi connectivity index (χ3n) is 7.43. The van der Waals surface area contributed by atoms with Gasteiger partial charge < -0.3 is 24.6 Å². The number of benzene rings is 1. The van der Waals surface area contributed by atoms with Crippen LogP contribution in [-0.4, -0.2) is 111 Å². The van der Waals surface area contributed by atoms with E-state index in [1.165, 1.54) is 4.90 Å². The number of ether oxygens (including phenoxy) is 2. The smallest absolute Gasteiger partial charge is 0.251 e. The number of nitrogens with zero attached hydrogens (tertiary/aromatic N) is 6. The summed E-state index contributed by atoms with van der Waals surface area (Å²) in [4.78, 5) is 48.2. The summed E-state index contributed by atoms with van der Waals surface area (Å²) in [6, 6.07) is 5.17. The van der Waals surface area contributed by atoms with Crippen molar-refractivity contribution in [2.75, 3.05) is 64.5 Å². The number of hydrogen-bond acceptors (Lipinski definition) is 8. The molecule has 0 aliphatic carbocycles. The predicted molar refractivity (Wildman–Crippen MR) is 141 cm³/mol. The van der Waals surface area contributed by atoms with Crippen molar-refractivity contribution in [3.8, 4) is 0 Å². The number of rotatable bonds is 10. The maximum atomic E-state index is 13.6. The summed E-state index contributed by atoms with van der Waals surface area (Å²) in [5.41, 5.74) is 10.4. The number of amides is 2. The number of anilines is 1. The van der Waals surface area contributed by atoms with Gasteiger partial charge in [0.1, 0.15) is 18.7 Å². The molecule has 3 aliphatic heterocycles. The Bertz CT molecular complexity index is 1050. The van der Waals surface area contributed by atoms with Gasteiger partial charge in [0, 0.05) is 62.5 Å². The second-order valence-corrected chi connectivity index (χ2v) is 10.5. The molecule has 1 N–H and O–H groups in total. The lowest BCUT2D eigenvalue weighted by molar-refractivity contribution is -0.138. The fourth-order valence-corrected chi connectivity index (χ4v) is 5.43. The molecule has 1 aromatic carbocycles. The van der Waals surface area contributed by atoms with Crippen LogP contribution in [0.3, 0.4) is 0 Å². The van der Waals surface area contributed by atoms with E-state index in [-0.39, 0.29) is 36.7 Å². The molecule has 1 aromatic rings. The number of ketones is 1. The molecule has 206 valence electrons. The Morgan fingerprint density at radius 2 is 1.92 bits per heavy atom. The zero-order chi connectivity index (χ0) is 27.2. The van der Waals surface area contributed by atoms with Gasteiger partial charge in [0.05, 0.1) is 18.8 Å². The summed E-state index contributed by atoms with van der Waals surface area (Å²) >= 11 is 0.